The molecule has 2 aliphatic rings. The Labute approximate surface area is 118 Å². The van der Waals surface area contributed by atoms with E-state index in [-0.39, 0.29) is 17.6 Å². The lowest BCUT2D eigenvalue weighted by Gasteiger charge is -2.53. The zero-order chi connectivity index (χ0) is 14.2. The van der Waals surface area contributed by atoms with Gasteiger partial charge in [0.15, 0.2) is 0 Å². The lowest BCUT2D eigenvalue weighted by atomic mass is 9.52. The van der Waals surface area contributed by atoms with Crippen LogP contribution >= 0.6 is 0 Å². The number of carbonyl (C=O) groups excluding carboxylic acids is 1. The smallest absolute Gasteiger partial charge is 0.239 e. The van der Waals surface area contributed by atoms with Gasteiger partial charge < -0.3 is 0 Å². The molecule has 0 aromatic carbocycles. The average Bonchev–Trinajstić information content (AvgIpc) is 2.24. The highest BCUT2D eigenvalue weighted by Gasteiger charge is 2.50. The van der Waals surface area contributed by atoms with E-state index in [4.69, 9.17) is 0 Å². The van der Waals surface area contributed by atoms with Gasteiger partial charge in [-0.15, -0.1) is 0 Å². The first-order chi connectivity index (χ1) is 9.48. The molecule has 2 aliphatic carbocycles. The number of aromatic nitrogens is 1. The van der Waals surface area contributed by atoms with E-state index in [2.05, 4.69) is 9.71 Å². The van der Waals surface area contributed by atoms with Crippen LogP contribution in [0.5, 0.6) is 0 Å². The normalized spacial score (nSPS) is 21.0. The van der Waals surface area contributed by atoms with E-state index < -0.39 is 10.0 Å². The first-order valence-electron chi connectivity index (χ1n) is 6.91. The summed E-state index contributed by atoms with van der Waals surface area (Å²) in [7, 11) is -3.62. The number of carbonyl (C=O) groups is 1. The minimum Gasteiger partial charge on any atom is -0.274 e. The maximum Gasteiger partial charge on any atom is 0.239 e. The van der Waals surface area contributed by atoms with Gasteiger partial charge in [-0.25, -0.2) is 8.42 Å². The number of sulfonamides is 1. The summed E-state index contributed by atoms with van der Waals surface area (Å²) in [5.74, 6) is -0.671. The van der Waals surface area contributed by atoms with E-state index in [0.29, 0.717) is 11.0 Å². The van der Waals surface area contributed by atoms with Crippen molar-refractivity contribution in [1.82, 2.24) is 9.71 Å². The van der Waals surface area contributed by atoms with Crippen LogP contribution in [0.1, 0.15) is 37.7 Å². The molecular formula is C14H18N2O3S. The summed E-state index contributed by atoms with van der Waals surface area (Å²) >= 11 is 0. The van der Waals surface area contributed by atoms with Crippen LogP contribution in [0.2, 0.25) is 0 Å². The lowest BCUT2D eigenvalue weighted by molar-refractivity contribution is -0.134. The molecule has 0 aliphatic heterocycles. The molecule has 20 heavy (non-hydrogen) atoms. The van der Waals surface area contributed by atoms with Crippen LogP contribution in [0.25, 0.3) is 0 Å². The van der Waals surface area contributed by atoms with Gasteiger partial charge in [0.2, 0.25) is 15.9 Å². The fourth-order valence-electron chi connectivity index (χ4n) is 3.23. The second kappa shape index (κ2) is 4.84. The van der Waals surface area contributed by atoms with Gasteiger partial charge >= 0.3 is 0 Å². The minimum absolute atomic E-state index is 0.126. The van der Waals surface area contributed by atoms with E-state index in [1.54, 1.807) is 18.3 Å². The third-order valence-corrected chi connectivity index (χ3v) is 5.70. The number of pyridine rings is 1. The summed E-state index contributed by atoms with van der Waals surface area (Å²) in [5.41, 5.74) is 0.951. The Hall–Kier alpha value is -1.43. The van der Waals surface area contributed by atoms with Gasteiger partial charge in [-0.1, -0.05) is 12.5 Å². The Morgan fingerprint density at radius 3 is 2.70 bits per heavy atom. The molecular weight excluding hydrogens is 276 g/mol. The van der Waals surface area contributed by atoms with Crippen LogP contribution in [0.3, 0.4) is 0 Å². The third kappa shape index (κ3) is 2.70. The summed E-state index contributed by atoms with van der Waals surface area (Å²) in [6, 6.07) is 3.36. The highest BCUT2D eigenvalue weighted by atomic mass is 32.2. The number of nitrogens with zero attached hydrogens (tertiary/aromatic N) is 1. The Balaban J connectivity index is 1.55. The van der Waals surface area contributed by atoms with Crippen molar-refractivity contribution in [3.63, 3.8) is 0 Å². The summed E-state index contributed by atoms with van der Waals surface area (Å²) in [6.45, 7) is 0. The largest absolute Gasteiger partial charge is 0.274 e. The van der Waals surface area contributed by atoms with Crippen LogP contribution < -0.4 is 4.72 Å². The number of rotatable bonds is 4. The molecule has 1 aromatic rings. The molecule has 0 saturated heterocycles. The number of nitrogens with one attached hydrogen (secondary N) is 1. The molecule has 0 bridgehead atoms. The van der Waals surface area contributed by atoms with Gasteiger partial charge in [0.25, 0.3) is 0 Å². The maximum atomic E-state index is 12.0. The second-order valence-corrected chi connectivity index (χ2v) is 7.77. The standard InChI is InChI=1S/C14H18N2O3S/c17-13(12-7-14(8-12)4-2-5-14)16-20(18,19)10-11-3-1-6-15-9-11/h1,3,6,9,12H,2,4-5,7-8,10H2,(H,16,17). The summed E-state index contributed by atoms with van der Waals surface area (Å²) in [5, 5.41) is 0. The van der Waals surface area contributed by atoms with Gasteiger partial charge in [-0.05, 0) is 42.7 Å². The molecule has 1 aromatic heterocycles. The first-order valence-corrected chi connectivity index (χ1v) is 8.57. The Morgan fingerprint density at radius 2 is 2.15 bits per heavy atom. The summed E-state index contributed by atoms with van der Waals surface area (Å²) < 4.78 is 26.1. The Morgan fingerprint density at radius 1 is 1.40 bits per heavy atom. The van der Waals surface area contributed by atoms with Crippen LogP contribution in [0.15, 0.2) is 24.5 Å². The van der Waals surface area contributed by atoms with E-state index in [1.807, 2.05) is 0 Å². The average molecular weight is 294 g/mol. The van der Waals surface area contributed by atoms with E-state index >= 15 is 0 Å². The van der Waals surface area contributed by atoms with Crippen molar-refractivity contribution in [2.45, 2.75) is 37.9 Å². The fourth-order valence-corrected chi connectivity index (χ4v) is 4.39. The van der Waals surface area contributed by atoms with Crippen molar-refractivity contribution in [2.75, 3.05) is 0 Å². The molecule has 1 spiro atoms. The van der Waals surface area contributed by atoms with Crippen LogP contribution in [-0.4, -0.2) is 19.3 Å². The van der Waals surface area contributed by atoms with Gasteiger partial charge in [-0.2, -0.15) is 0 Å². The predicted octanol–water partition coefficient (Wildman–Crippen LogP) is 1.61. The number of hydrogen-bond acceptors (Lipinski definition) is 4. The van der Waals surface area contributed by atoms with E-state index in [1.165, 1.54) is 25.5 Å². The molecule has 2 fully saturated rings. The molecule has 1 heterocycles. The summed E-state index contributed by atoms with van der Waals surface area (Å²) in [4.78, 5) is 15.8. The van der Waals surface area contributed by atoms with Crippen LogP contribution in [0, 0.1) is 11.3 Å². The molecule has 1 N–H and O–H groups in total. The minimum atomic E-state index is -3.62. The zero-order valence-electron chi connectivity index (χ0n) is 11.2. The molecule has 0 unspecified atom stereocenters. The van der Waals surface area contributed by atoms with Gasteiger partial charge in [0, 0.05) is 18.3 Å². The molecule has 108 valence electrons. The van der Waals surface area contributed by atoms with E-state index in [9.17, 15) is 13.2 Å². The topological polar surface area (TPSA) is 76.1 Å². The Kier molecular flexibility index (Phi) is 3.28. The monoisotopic (exact) mass is 294 g/mol. The van der Waals surface area contributed by atoms with E-state index in [0.717, 1.165) is 12.8 Å². The molecule has 0 radical (unpaired) electrons. The van der Waals surface area contributed by atoms with Crippen molar-refractivity contribution in [3.8, 4) is 0 Å². The second-order valence-electron chi connectivity index (χ2n) is 6.05. The van der Waals surface area contributed by atoms with Crippen molar-refractivity contribution in [3.05, 3.63) is 30.1 Å². The number of hydrogen-bond donors (Lipinski definition) is 1. The van der Waals surface area contributed by atoms with Crippen LogP contribution in [0.4, 0.5) is 0 Å². The van der Waals surface area contributed by atoms with Gasteiger partial charge in [-0.3, -0.25) is 14.5 Å². The quantitative estimate of drug-likeness (QED) is 0.915. The van der Waals surface area contributed by atoms with Crippen LogP contribution in [-0.2, 0) is 20.6 Å². The lowest BCUT2D eigenvalue weighted by Crippen LogP contribution is -2.50. The summed E-state index contributed by atoms with van der Waals surface area (Å²) in [6.07, 6.45) is 8.41. The molecule has 3 rings (SSSR count). The van der Waals surface area contributed by atoms with Crippen molar-refractivity contribution in [1.29, 1.82) is 0 Å². The fraction of sp³-hybridized carbons (Fsp3) is 0.571. The first kappa shape index (κ1) is 13.5. The van der Waals surface area contributed by atoms with Crippen molar-refractivity contribution in [2.24, 2.45) is 11.3 Å². The van der Waals surface area contributed by atoms with Gasteiger partial charge in [0.05, 0.1) is 5.75 Å². The highest BCUT2D eigenvalue weighted by molar-refractivity contribution is 7.89. The number of amides is 1. The Bertz CT molecular complexity index is 601. The molecule has 6 heteroatoms. The predicted molar refractivity (Wildman–Crippen MR) is 74.0 cm³/mol. The van der Waals surface area contributed by atoms with Crippen molar-refractivity contribution < 1.29 is 13.2 Å². The highest BCUT2D eigenvalue weighted by Crippen LogP contribution is 2.58. The SMILES string of the molecule is O=C(NS(=O)(=O)Cc1cccnc1)C1CC2(CCC2)C1. The molecule has 2 saturated carbocycles. The third-order valence-electron chi connectivity index (χ3n) is 4.48. The molecule has 1 amide bonds. The molecule has 5 nitrogen and oxygen atoms in total. The zero-order valence-corrected chi connectivity index (χ0v) is 12.0. The maximum absolute atomic E-state index is 12.0. The van der Waals surface area contributed by atoms with Crippen molar-refractivity contribution >= 4 is 15.9 Å². The van der Waals surface area contributed by atoms with Gasteiger partial charge in [0.1, 0.15) is 0 Å². The molecule has 0 atom stereocenters.